The van der Waals surface area contributed by atoms with Crippen molar-refractivity contribution in [1.82, 2.24) is 25.1 Å². The molecular formula is C41H67N5O10. The van der Waals surface area contributed by atoms with Crippen LogP contribution in [0.2, 0.25) is 0 Å². The second-order valence-electron chi connectivity index (χ2n) is 15.5. The van der Waals surface area contributed by atoms with Crippen LogP contribution in [0.15, 0.2) is 24.3 Å². The molecule has 2 heterocycles. The van der Waals surface area contributed by atoms with E-state index in [0.717, 1.165) is 24.3 Å². The van der Waals surface area contributed by atoms with Gasteiger partial charge >= 0.3 is 0 Å². The van der Waals surface area contributed by atoms with E-state index in [4.69, 9.17) is 23.8 Å². The van der Waals surface area contributed by atoms with Crippen molar-refractivity contribution in [2.45, 2.75) is 97.6 Å². The summed E-state index contributed by atoms with van der Waals surface area (Å²) in [6.07, 6.45) is 2.15. The van der Waals surface area contributed by atoms with Gasteiger partial charge in [-0.15, -0.1) is 5.06 Å². The van der Waals surface area contributed by atoms with Crippen LogP contribution in [0, 0.1) is 17.8 Å². The number of benzene rings is 1. The van der Waals surface area contributed by atoms with Gasteiger partial charge in [-0.25, -0.2) is 0 Å². The number of hydroxylamine groups is 2. The first-order chi connectivity index (χ1) is 26.7. The second-order valence-corrected chi connectivity index (χ2v) is 15.5. The van der Waals surface area contributed by atoms with Crippen molar-refractivity contribution in [2.75, 3.05) is 81.0 Å². The number of nitrogens with one attached hydrogen (secondary N) is 1. The van der Waals surface area contributed by atoms with Crippen molar-refractivity contribution in [1.29, 1.82) is 0 Å². The molecule has 6 unspecified atom stereocenters. The first-order valence-corrected chi connectivity index (χ1v) is 20.0. The molecule has 3 rings (SSSR count). The summed E-state index contributed by atoms with van der Waals surface area (Å²) in [6, 6.07) is 5.69. The number of hydrogen-bond acceptors (Lipinski definition) is 11. The van der Waals surface area contributed by atoms with Crippen LogP contribution >= 0.6 is 0 Å². The zero-order valence-corrected chi connectivity index (χ0v) is 35.3. The van der Waals surface area contributed by atoms with Crippen LogP contribution in [0.3, 0.4) is 0 Å². The number of likely N-dealkylation sites (N-methyl/N-ethyl adjacent to an activating group) is 2. The largest absolute Gasteiger partial charge is 0.379 e. The summed E-state index contributed by atoms with van der Waals surface area (Å²) in [5, 5.41) is 3.62. The van der Waals surface area contributed by atoms with Gasteiger partial charge in [0.1, 0.15) is 0 Å². The number of carbonyl (C=O) groups excluding carboxylic acids is 5. The van der Waals surface area contributed by atoms with E-state index >= 15 is 0 Å². The predicted molar refractivity (Wildman–Crippen MR) is 211 cm³/mol. The molecule has 15 nitrogen and oxygen atoms in total. The van der Waals surface area contributed by atoms with Gasteiger partial charge < -0.3 is 34.1 Å². The highest BCUT2D eigenvalue weighted by molar-refractivity contribution is 6.20. The highest BCUT2D eigenvalue weighted by Crippen LogP contribution is 2.29. The standard InChI is InChI=1S/C41H67N5O10/c1-11-29(6)37(33(52-9)25-34(47)45-18-14-17-32(45)38(53-10)28(4)5)44(8)35(48)26-42-39(49)36(27(2)3)43(7)19-20-54-21-22-55-23-24-56-46-40(50)30-15-12-13-16-31(30)41(46)51/h12-13,15-16,27-29,32-33,36-38H,11,14,17-26H2,1-10H3,(H,42,49). The highest BCUT2D eigenvalue weighted by atomic mass is 16.7. The van der Waals surface area contributed by atoms with Gasteiger partial charge in [-0.1, -0.05) is 60.1 Å². The number of rotatable bonds is 25. The van der Waals surface area contributed by atoms with E-state index in [9.17, 15) is 24.0 Å². The van der Waals surface area contributed by atoms with Gasteiger partial charge in [-0.05, 0) is 49.8 Å². The lowest BCUT2D eigenvalue weighted by molar-refractivity contribution is -0.144. The van der Waals surface area contributed by atoms with E-state index in [1.807, 2.05) is 37.6 Å². The van der Waals surface area contributed by atoms with Crippen molar-refractivity contribution < 1.29 is 47.8 Å². The SMILES string of the molecule is CCC(C)C(C(CC(=O)N1CCCC1C(OC)C(C)C)OC)N(C)C(=O)CNC(=O)C(C(C)C)N(C)CCOCCOCCON1C(=O)c2ccccc2C1=O. The lowest BCUT2D eigenvalue weighted by atomic mass is 9.90. The third kappa shape index (κ3) is 12.3. The normalized spacial score (nSPS) is 18.4. The molecule has 0 bridgehead atoms. The van der Waals surface area contributed by atoms with Crippen LogP contribution in [0.25, 0.3) is 0 Å². The van der Waals surface area contributed by atoms with Gasteiger partial charge in [0.05, 0.1) is 87.5 Å². The first-order valence-electron chi connectivity index (χ1n) is 20.0. The van der Waals surface area contributed by atoms with Crippen LogP contribution in [0.5, 0.6) is 0 Å². The van der Waals surface area contributed by atoms with Gasteiger partial charge in [-0.3, -0.25) is 33.7 Å². The Morgan fingerprint density at radius 1 is 0.875 bits per heavy atom. The van der Waals surface area contributed by atoms with Crippen LogP contribution < -0.4 is 5.32 Å². The smallest absolute Gasteiger partial charge is 0.285 e. The fourth-order valence-electron chi connectivity index (χ4n) is 7.90. The number of carbonyl (C=O) groups is 5. The number of ether oxygens (including phenoxy) is 4. The third-order valence-electron chi connectivity index (χ3n) is 11.0. The maximum Gasteiger partial charge on any atom is 0.285 e. The second kappa shape index (κ2) is 23.1. The van der Waals surface area contributed by atoms with E-state index in [2.05, 4.69) is 26.1 Å². The zero-order valence-electron chi connectivity index (χ0n) is 35.3. The first kappa shape index (κ1) is 46.9. The summed E-state index contributed by atoms with van der Waals surface area (Å²) in [6.45, 7) is 14.3. The molecule has 1 fully saturated rings. The number of imide groups is 1. The average Bonchev–Trinajstić information content (AvgIpc) is 3.74. The minimum absolute atomic E-state index is 0.00395. The summed E-state index contributed by atoms with van der Waals surface area (Å²) in [7, 11) is 6.84. The van der Waals surface area contributed by atoms with Crippen LogP contribution in [-0.4, -0.2) is 161 Å². The van der Waals surface area contributed by atoms with Crippen LogP contribution in [0.4, 0.5) is 0 Å². The minimum Gasteiger partial charge on any atom is -0.379 e. The molecule has 0 radical (unpaired) electrons. The van der Waals surface area contributed by atoms with Crippen molar-refractivity contribution in [3.8, 4) is 0 Å². The van der Waals surface area contributed by atoms with Crippen molar-refractivity contribution in [2.24, 2.45) is 17.8 Å². The lowest BCUT2D eigenvalue weighted by Gasteiger charge is -2.39. The van der Waals surface area contributed by atoms with Gasteiger partial charge in [0, 0.05) is 34.4 Å². The number of methoxy groups -OCH3 is 2. The molecule has 1 aromatic carbocycles. The van der Waals surface area contributed by atoms with E-state index in [1.165, 1.54) is 0 Å². The maximum absolute atomic E-state index is 13.7. The fourth-order valence-corrected chi connectivity index (χ4v) is 7.90. The van der Waals surface area contributed by atoms with Gasteiger partial charge in [0.25, 0.3) is 11.8 Å². The molecule has 1 N–H and O–H groups in total. The summed E-state index contributed by atoms with van der Waals surface area (Å²) in [5.41, 5.74) is 0.633. The number of fused-ring (bicyclic) bond motifs is 1. The van der Waals surface area contributed by atoms with Gasteiger partial charge in [0.15, 0.2) is 0 Å². The molecule has 1 aromatic rings. The quantitative estimate of drug-likeness (QED) is 0.115. The molecule has 0 saturated carbocycles. The number of amides is 5. The monoisotopic (exact) mass is 789 g/mol. The molecule has 2 aliphatic heterocycles. The topological polar surface area (TPSA) is 156 Å². The molecule has 0 aliphatic carbocycles. The molecule has 0 spiro atoms. The van der Waals surface area contributed by atoms with Gasteiger partial charge in [-0.2, -0.15) is 0 Å². The zero-order chi connectivity index (χ0) is 41.5. The van der Waals surface area contributed by atoms with Gasteiger partial charge in [0.2, 0.25) is 17.7 Å². The van der Waals surface area contributed by atoms with E-state index < -0.39 is 24.0 Å². The summed E-state index contributed by atoms with van der Waals surface area (Å²) in [5.74, 6) is -1.26. The minimum atomic E-state index is -0.526. The number of nitrogens with zero attached hydrogens (tertiary/aromatic N) is 4. The summed E-state index contributed by atoms with van der Waals surface area (Å²) < 4.78 is 23.0. The van der Waals surface area contributed by atoms with Crippen LogP contribution in [-0.2, 0) is 38.2 Å². The van der Waals surface area contributed by atoms with E-state index in [-0.39, 0.29) is 86.4 Å². The molecule has 2 aliphatic rings. The molecule has 316 valence electrons. The summed E-state index contributed by atoms with van der Waals surface area (Å²) in [4.78, 5) is 76.4. The fraction of sp³-hybridized carbons (Fsp3) is 0.732. The maximum atomic E-state index is 13.7. The number of likely N-dealkylation sites (tertiary alicyclic amines) is 1. The number of hydrogen-bond donors (Lipinski definition) is 1. The molecule has 1 saturated heterocycles. The Morgan fingerprint density at radius 3 is 2.04 bits per heavy atom. The Hall–Kier alpha value is -3.47. The predicted octanol–water partition coefficient (Wildman–Crippen LogP) is 3.26. The Labute approximate surface area is 333 Å². The van der Waals surface area contributed by atoms with E-state index in [0.29, 0.717) is 37.4 Å². The van der Waals surface area contributed by atoms with Crippen molar-refractivity contribution >= 4 is 29.5 Å². The summed E-state index contributed by atoms with van der Waals surface area (Å²) >= 11 is 0. The van der Waals surface area contributed by atoms with Crippen molar-refractivity contribution in [3.05, 3.63) is 35.4 Å². The van der Waals surface area contributed by atoms with Crippen molar-refractivity contribution in [3.63, 3.8) is 0 Å². The average molecular weight is 790 g/mol. The molecule has 15 heteroatoms. The Balaban J connectivity index is 1.43. The molecule has 6 atom stereocenters. The molecular weight excluding hydrogens is 722 g/mol. The molecule has 0 aromatic heterocycles. The lowest BCUT2D eigenvalue weighted by Crippen LogP contribution is -2.55. The molecule has 5 amide bonds. The Kier molecular flexibility index (Phi) is 19.3. The molecule has 56 heavy (non-hydrogen) atoms. The Morgan fingerprint density at radius 2 is 1.48 bits per heavy atom. The third-order valence-corrected chi connectivity index (χ3v) is 11.0. The van der Waals surface area contributed by atoms with E-state index in [1.54, 1.807) is 50.4 Å². The Bertz CT molecular complexity index is 1410. The highest BCUT2D eigenvalue weighted by Gasteiger charge is 2.40. The van der Waals surface area contributed by atoms with Crippen LogP contribution in [0.1, 0.15) is 87.9 Å².